The van der Waals surface area contributed by atoms with E-state index in [1.54, 1.807) is 24.3 Å². The van der Waals surface area contributed by atoms with E-state index in [1.165, 1.54) is 17.8 Å². The maximum absolute atomic E-state index is 13.0. The first-order valence-corrected chi connectivity index (χ1v) is 11.1. The fraction of sp³-hybridized carbons (Fsp3) is 0.0833. The number of nitrogens with one attached hydrogen (secondary N) is 2. The zero-order valence-corrected chi connectivity index (χ0v) is 18.3. The predicted octanol–water partition coefficient (Wildman–Crippen LogP) is 4.54. The maximum atomic E-state index is 13.0. The fourth-order valence-corrected chi connectivity index (χ4v) is 4.22. The van der Waals surface area contributed by atoms with E-state index in [9.17, 15) is 14.4 Å². The minimum atomic E-state index is -0.785. The molecule has 0 atom stereocenters. The molecule has 1 saturated heterocycles. The number of nitrogens with zero attached hydrogens (tertiary/aromatic N) is 2. The third-order valence-corrected chi connectivity index (χ3v) is 5.97. The minimum Gasteiger partial charge on any atom is -0.450 e. The lowest BCUT2D eigenvalue weighted by molar-refractivity contribution is -0.122. The van der Waals surface area contributed by atoms with Crippen LogP contribution in [-0.2, 0) is 16.0 Å². The minimum absolute atomic E-state index is 0.191. The second-order valence-corrected chi connectivity index (χ2v) is 8.29. The zero-order valence-electron chi connectivity index (χ0n) is 17.5. The summed E-state index contributed by atoms with van der Waals surface area (Å²) in [5, 5.41) is 3.41. The SMILES string of the molecule is CCc1ccc(N2C(=O)NC(=O)/C(=C\c3ccc(Sc4nc5ccccc5[nH]4)o3)C2=O)cc1. The van der Waals surface area contributed by atoms with E-state index < -0.39 is 17.8 Å². The number of imidazole rings is 1. The molecule has 1 fully saturated rings. The molecule has 2 N–H and O–H groups in total. The number of fused-ring (bicyclic) bond motifs is 1. The molecule has 0 radical (unpaired) electrons. The summed E-state index contributed by atoms with van der Waals surface area (Å²) < 4.78 is 5.77. The van der Waals surface area contributed by atoms with Gasteiger partial charge in [-0.2, -0.15) is 0 Å². The van der Waals surface area contributed by atoms with Gasteiger partial charge in [-0.15, -0.1) is 0 Å². The van der Waals surface area contributed by atoms with Crippen molar-refractivity contribution in [3.8, 4) is 0 Å². The number of rotatable bonds is 5. The Labute approximate surface area is 192 Å². The maximum Gasteiger partial charge on any atom is 0.335 e. The van der Waals surface area contributed by atoms with Crippen LogP contribution in [-0.4, -0.2) is 27.8 Å². The molecule has 0 saturated carbocycles. The number of H-pyrrole nitrogens is 1. The van der Waals surface area contributed by atoms with E-state index >= 15 is 0 Å². The van der Waals surface area contributed by atoms with Crippen molar-refractivity contribution in [3.05, 3.63) is 77.6 Å². The van der Waals surface area contributed by atoms with Crippen molar-refractivity contribution in [2.75, 3.05) is 4.90 Å². The van der Waals surface area contributed by atoms with E-state index in [1.807, 2.05) is 43.3 Å². The van der Waals surface area contributed by atoms with E-state index in [0.29, 0.717) is 21.7 Å². The molecule has 4 aromatic rings. The molecule has 33 heavy (non-hydrogen) atoms. The summed E-state index contributed by atoms with van der Waals surface area (Å²) in [4.78, 5) is 46.4. The number of imide groups is 2. The summed E-state index contributed by atoms with van der Waals surface area (Å²) in [5.41, 5.74) is 3.02. The van der Waals surface area contributed by atoms with Gasteiger partial charge in [0.2, 0.25) is 0 Å². The molecule has 1 aliphatic heterocycles. The van der Waals surface area contributed by atoms with Gasteiger partial charge >= 0.3 is 6.03 Å². The lowest BCUT2D eigenvalue weighted by atomic mass is 10.1. The average molecular weight is 458 g/mol. The Morgan fingerprint density at radius 2 is 1.82 bits per heavy atom. The lowest BCUT2D eigenvalue weighted by Crippen LogP contribution is -2.54. The summed E-state index contributed by atoms with van der Waals surface area (Å²) in [5.74, 6) is -1.17. The van der Waals surface area contributed by atoms with Gasteiger partial charge in [0.1, 0.15) is 11.3 Å². The van der Waals surface area contributed by atoms with Crippen LogP contribution in [0.15, 0.2) is 80.9 Å². The molecule has 8 nitrogen and oxygen atoms in total. The first-order valence-electron chi connectivity index (χ1n) is 10.2. The van der Waals surface area contributed by atoms with Crippen molar-refractivity contribution in [2.45, 2.75) is 23.6 Å². The van der Waals surface area contributed by atoms with Gasteiger partial charge < -0.3 is 9.40 Å². The number of para-hydroxylation sites is 2. The molecule has 5 rings (SSSR count). The molecule has 1 aliphatic rings. The Morgan fingerprint density at radius 3 is 2.58 bits per heavy atom. The van der Waals surface area contributed by atoms with Gasteiger partial charge in [0, 0.05) is 0 Å². The van der Waals surface area contributed by atoms with Crippen molar-refractivity contribution in [2.24, 2.45) is 0 Å². The van der Waals surface area contributed by atoms with Gasteiger partial charge in [-0.3, -0.25) is 14.9 Å². The third-order valence-electron chi connectivity index (χ3n) is 5.16. The molecule has 0 spiro atoms. The highest BCUT2D eigenvalue weighted by molar-refractivity contribution is 7.99. The highest BCUT2D eigenvalue weighted by Crippen LogP contribution is 2.30. The molecule has 0 aliphatic carbocycles. The van der Waals surface area contributed by atoms with Crippen LogP contribution in [0, 0.1) is 0 Å². The van der Waals surface area contributed by atoms with E-state index in [2.05, 4.69) is 15.3 Å². The average Bonchev–Trinajstić information content (AvgIpc) is 3.43. The van der Waals surface area contributed by atoms with Crippen LogP contribution in [0.3, 0.4) is 0 Å². The van der Waals surface area contributed by atoms with Crippen LogP contribution in [0.25, 0.3) is 17.1 Å². The van der Waals surface area contributed by atoms with Crippen molar-refractivity contribution in [1.29, 1.82) is 0 Å². The van der Waals surface area contributed by atoms with Gasteiger partial charge in [0.25, 0.3) is 11.8 Å². The number of amides is 4. The van der Waals surface area contributed by atoms with E-state index in [-0.39, 0.29) is 5.57 Å². The number of hydrogen-bond donors (Lipinski definition) is 2. The smallest absolute Gasteiger partial charge is 0.335 e. The van der Waals surface area contributed by atoms with E-state index in [4.69, 9.17) is 4.42 Å². The summed E-state index contributed by atoms with van der Waals surface area (Å²) in [6.45, 7) is 2.01. The Hall–Kier alpha value is -4.11. The molecule has 2 aromatic heterocycles. The van der Waals surface area contributed by atoms with Crippen molar-refractivity contribution in [3.63, 3.8) is 0 Å². The van der Waals surface area contributed by atoms with Crippen LogP contribution in [0.1, 0.15) is 18.2 Å². The van der Waals surface area contributed by atoms with Crippen molar-refractivity contribution >= 4 is 52.4 Å². The molecule has 9 heteroatoms. The Bertz CT molecular complexity index is 1380. The van der Waals surface area contributed by atoms with Gasteiger partial charge in [-0.05, 0) is 66.2 Å². The molecular weight excluding hydrogens is 440 g/mol. The van der Waals surface area contributed by atoms with Gasteiger partial charge in [-0.1, -0.05) is 31.2 Å². The number of aryl methyl sites for hydroxylation is 1. The number of aromatic amines is 1. The van der Waals surface area contributed by atoms with Gasteiger partial charge in [0.15, 0.2) is 10.2 Å². The van der Waals surface area contributed by atoms with Crippen LogP contribution in [0.4, 0.5) is 10.5 Å². The number of aromatic nitrogens is 2. The molecule has 0 bridgehead atoms. The summed E-state index contributed by atoms with van der Waals surface area (Å²) in [6, 6.07) is 17.3. The molecule has 4 amide bonds. The second-order valence-electron chi connectivity index (χ2n) is 7.30. The summed E-state index contributed by atoms with van der Waals surface area (Å²) in [6.07, 6.45) is 2.16. The fourth-order valence-electron chi connectivity index (χ4n) is 3.45. The van der Waals surface area contributed by atoms with Gasteiger partial charge in [0.05, 0.1) is 16.7 Å². The number of anilines is 1. The first-order chi connectivity index (χ1) is 16.0. The number of carbonyl (C=O) groups excluding carboxylic acids is 3. The van der Waals surface area contributed by atoms with Crippen molar-refractivity contribution in [1.82, 2.24) is 15.3 Å². The van der Waals surface area contributed by atoms with Crippen molar-refractivity contribution < 1.29 is 18.8 Å². The topological polar surface area (TPSA) is 108 Å². The summed E-state index contributed by atoms with van der Waals surface area (Å²) >= 11 is 1.29. The lowest BCUT2D eigenvalue weighted by Gasteiger charge is -2.26. The Morgan fingerprint density at radius 1 is 1.03 bits per heavy atom. The molecule has 0 unspecified atom stereocenters. The third kappa shape index (κ3) is 4.06. The van der Waals surface area contributed by atoms with Crippen LogP contribution in [0.5, 0.6) is 0 Å². The number of hydrogen-bond acceptors (Lipinski definition) is 6. The number of barbiturate groups is 1. The largest absolute Gasteiger partial charge is 0.450 e. The summed E-state index contributed by atoms with van der Waals surface area (Å²) in [7, 11) is 0. The van der Waals surface area contributed by atoms with Crippen LogP contribution < -0.4 is 10.2 Å². The molecule has 164 valence electrons. The highest BCUT2D eigenvalue weighted by atomic mass is 32.2. The predicted molar refractivity (Wildman–Crippen MR) is 124 cm³/mol. The second kappa shape index (κ2) is 8.44. The van der Waals surface area contributed by atoms with Gasteiger partial charge in [-0.25, -0.2) is 14.7 Å². The number of benzene rings is 2. The highest BCUT2D eigenvalue weighted by Gasteiger charge is 2.37. The Balaban J connectivity index is 1.39. The Kier molecular flexibility index (Phi) is 5.31. The monoisotopic (exact) mass is 458 g/mol. The number of carbonyl (C=O) groups is 3. The molecule has 3 heterocycles. The standard InChI is InChI=1S/C24H18N4O4S/c1-2-14-7-9-15(10-8-14)28-22(30)17(21(29)27-24(28)31)13-16-11-12-20(32-16)33-23-25-18-5-3-4-6-19(18)26-23/h3-13H,2H2,1H3,(H,25,26)(H,27,29,31)/b17-13+. The normalized spacial score (nSPS) is 15.5. The quantitative estimate of drug-likeness (QED) is 0.336. The number of urea groups is 1. The number of furan rings is 1. The zero-order chi connectivity index (χ0) is 22.9. The molecular formula is C24H18N4O4S. The molecule has 2 aromatic carbocycles. The van der Waals surface area contributed by atoms with Crippen LogP contribution >= 0.6 is 11.8 Å². The van der Waals surface area contributed by atoms with Crippen LogP contribution in [0.2, 0.25) is 0 Å². The van der Waals surface area contributed by atoms with E-state index in [0.717, 1.165) is 27.9 Å². The first kappa shape index (κ1) is 20.8.